The maximum Gasteiger partial charge on any atom is 0.317 e. The van der Waals surface area contributed by atoms with Gasteiger partial charge in [0.05, 0.1) is 28.4 Å². The van der Waals surface area contributed by atoms with Crippen molar-refractivity contribution in [2.24, 2.45) is 0 Å². The summed E-state index contributed by atoms with van der Waals surface area (Å²) in [5.41, 5.74) is 1.32. The third-order valence-electron chi connectivity index (χ3n) is 3.70. The number of para-hydroxylation sites is 1. The van der Waals surface area contributed by atoms with Gasteiger partial charge in [0.25, 0.3) is 11.6 Å². The Hall–Kier alpha value is -3.07. The van der Waals surface area contributed by atoms with Crippen LogP contribution in [0, 0.1) is 17.0 Å². The molecule has 148 valence electrons. The number of nitrogens with one attached hydrogen (secondary N) is 1. The molecule has 0 radical (unpaired) electrons. The van der Waals surface area contributed by atoms with Crippen LogP contribution in [0.4, 0.5) is 11.4 Å². The Kier molecular flexibility index (Phi) is 7.39. The molecule has 0 aliphatic rings. The summed E-state index contributed by atoms with van der Waals surface area (Å²) in [7, 11) is 1.49. The molecule has 1 N–H and O–H groups in total. The summed E-state index contributed by atoms with van der Waals surface area (Å²) in [6, 6.07) is 11.4. The summed E-state index contributed by atoms with van der Waals surface area (Å²) in [5.74, 6) is -0.824. The Labute approximate surface area is 166 Å². The molecule has 0 unspecified atom stereocenters. The molecule has 0 aliphatic heterocycles. The summed E-state index contributed by atoms with van der Waals surface area (Å²) >= 11 is 0.981. The molecule has 0 fully saturated rings. The van der Waals surface area contributed by atoms with Gasteiger partial charge in [0.15, 0.2) is 6.10 Å². The largest absolute Gasteiger partial charge is 0.495 e. The second-order valence-electron chi connectivity index (χ2n) is 5.84. The van der Waals surface area contributed by atoms with Crippen molar-refractivity contribution in [3.63, 3.8) is 0 Å². The van der Waals surface area contributed by atoms with Gasteiger partial charge in [-0.05, 0) is 37.6 Å². The number of nitro benzene ring substituents is 1. The lowest BCUT2D eigenvalue weighted by molar-refractivity contribution is -0.387. The number of nitrogens with zero attached hydrogens (tertiary/aromatic N) is 1. The molecule has 1 atom stereocenters. The lowest BCUT2D eigenvalue weighted by Crippen LogP contribution is -2.30. The van der Waals surface area contributed by atoms with Crippen LogP contribution >= 0.6 is 11.8 Å². The van der Waals surface area contributed by atoms with Crippen molar-refractivity contribution in [2.45, 2.75) is 24.8 Å². The number of thioether (sulfide) groups is 1. The Morgan fingerprint density at radius 3 is 2.64 bits per heavy atom. The van der Waals surface area contributed by atoms with Crippen molar-refractivity contribution in [1.29, 1.82) is 0 Å². The number of rotatable bonds is 8. The van der Waals surface area contributed by atoms with Crippen molar-refractivity contribution in [1.82, 2.24) is 0 Å². The molecule has 28 heavy (non-hydrogen) atoms. The molecule has 0 spiro atoms. The number of carbonyl (C=O) groups excluding carboxylic acids is 2. The fourth-order valence-electron chi connectivity index (χ4n) is 2.31. The summed E-state index contributed by atoms with van der Waals surface area (Å²) in [6.45, 7) is 3.32. The average molecular weight is 404 g/mol. The van der Waals surface area contributed by atoms with E-state index in [2.05, 4.69) is 5.32 Å². The smallest absolute Gasteiger partial charge is 0.317 e. The number of anilines is 1. The van der Waals surface area contributed by atoms with E-state index in [0.29, 0.717) is 16.3 Å². The van der Waals surface area contributed by atoms with Gasteiger partial charge in [0.1, 0.15) is 5.75 Å². The van der Waals surface area contributed by atoms with Gasteiger partial charge in [-0.1, -0.05) is 18.2 Å². The highest BCUT2D eigenvalue weighted by atomic mass is 32.2. The number of amides is 1. The topological polar surface area (TPSA) is 108 Å². The number of hydrogen-bond acceptors (Lipinski definition) is 7. The minimum Gasteiger partial charge on any atom is -0.495 e. The van der Waals surface area contributed by atoms with E-state index in [1.807, 2.05) is 13.0 Å². The second-order valence-corrected chi connectivity index (χ2v) is 6.86. The number of hydrogen-bond donors (Lipinski definition) is 1. The van der Waals surface area contributed by atoms with Crippen LogP contribution in [-0.4, -0.2) is 35.8 Å². The van der Waals surface area contributed by atoms with Crippen molar-refractivity contribution in [3.05, 3.63) is 58.1 Å². The maximum absolute atomic E-state index is 12.3. The molecule has 2 rings (SSSR count). The van der Waals surface area contributed by atoms with Crippen LogP contribution in [0.15, 0.2) is 47.4 Å². The van der Waals surface area contributed by atoms with Crippen molar-refractivity contribution < 1.29 is 24.0 Å². The van der Waals surface area contributed by atoms with Crippen LogP contribution in [0.3, 0.4) is 0 Å². The van der Waals surface area contributed by atoms with Gasteiger partial charge in [-0.25, -0.2) is 0 Å². The minimum absolute atomic E-state index is 0.0855. The third kappa shape index (κ3) is 5.71. The molecule has 9 heteroatoms. The number of ether oxygens (including phenoxy) is 2. The van der Waals surface area contributed by atoms with E-state index < -0.39 is 22.9 Å². The van der Waals surface area contributed by atoms with Crippen LogP contribution in [0.25, 0.3) is 0 Å². The molecule has 2 aromatic rings. The first kappa shape index (κ1) is 21.2. The van der Waals surface area contributed by atoms with E-state index in [9.17, 15) is 19.7 Å². The van der Waals surface area contributed by atoms with Gasteiger partial charge < -0.3 is 14.8 Å². The summed E-state index contributed by atoms with van der Waals surface area (Å²) < 4.78 is 10.3. The van der Waals surface area contributed by atoms with Gasteiger partial charge >= 0.3 is 5.97 Å². The molecule has 8 nitrogen and oxygen atoms in total. The number of nitro groups is 1. The van der Waals surface area contributed by atoms with Gasteiger partial charge in [-0.2, -0.15) is 0 Å². The average Bonchev–Trinajstić information content (AvgIpc) is 2.66. The predicted octanol–water partition coefficient (Wildman–Crippen LogP) is 3.57. The summed E-state index contributed by atoms with van der Waals surface area (Å²) in [6.07, 6.45) is -1.04. The fourth-order valence-corrected chi connectivity index (χ4v) is 3.11. The molecule has 0 aromatic heterocycles. The quantitative estimate of drug-likeness (QED) is 0.310. The molecule has 0 bridgehead atoms. The number of esters is 1. The van der Waals surface area contributed by atoms with Crippen molar-refractivity contribution in [3.8, 4) is 5.75 Å². The zero-order valence-electron chi connectivity index (χ0n) is 15.6. The molecule has 0 heterocycles. The monoisotopic (exact) mass is 404 g/mol. The van der Waals surface area contributed by atoms with Gasteiger partial charge in [0, 0.05) is 6.07 Å². The number of methoxy groups -OCH3 is 1. The van der Waals surface area contributed by atoms with Gasteiger partial charge in [-0.15, -0.1) is 11.8 Å². The third-order valence-corrected chi connectivity index (χ3v) is 4.73. The van der Waals surface area contributed by atoms with Crippen molar-refractivity contribution in [2.75, 3.05) is 18.2 Å². The highest BCUT2D eigenvalue weighted by Crippen LogP contribution is 2.29. The standard InChI is InChI=1S/C19H20N2O6S/c1-12-8-9-16(26-3)14(10-12)20-19(23)13(2)27-18(22)11-28-17-7-5-4-6-15(17)21(24)25/h4-10,13H,11H2,1-3H3,(H,20,23)/t13-/m0/s1. The Balaban J connectivity index is 1.93. The van der Waals surface area contributed by atoms with Crippen LogP contribution in [0.5, 0.6) is 5.75 Å². The zero-order valence-corrected chi connectivity index (χ0v) is 16.4. The van der Waals surface area contributed by atoms with Gasteiger partial charge in [0.2, 0.25) is 0 Å². The molecule has 0 aliphatic carbocycles. The van der Waals surface area contributed by atoms with Gasteiger partial charge in [-0.3, -0.25) is 19.7 Å². The molecule has 0 saturated heterocycles. The lowest BCUT2D eigenvalue weighted by Gasteiger charge is -2.15. The maximum atomic E-state index is 12.3. The number of aryl methyl sites for hydroxylation is 1. The summed E-state index contributed by atoms with van der Waals surface area (Å²) in [4.78, 5) is 35.2. The Morgan fingerprint density at radius 2 is 1.96 bits per heavy atom. The number of benzene rings is 2. The normalized spacial score (nSPS) is 11.4. The SMILES string of the molecule is COc1ccc(C)cc1NC(=O)[C@H](C)OC(=O)CSc1ccccc1[N+](=O)[O-]. The van der Waals surface area contributed by atoms with E-state index >= 15 is 0 Å². The minimum atomic E-state index is -1.04. The fraction of sp³-hybridized carbons (Fsp3) is 0.263. The molecule has 0 saturated carbocycles. The highest BCUT2D eigenvalue weighted by molar-refractivity contribution is 8.00. The lowest BCUT2D eigenvalue weighted by atomic mass is 10.2. The second kappa shape index (κ2) is 9.75. The summed E-state index contributed by atoms with van der Waals surface area (Å²) in [5, 5.41) is 13.7. The molecular weight excluding hydrogens is 384 g/mol. The predicted molar refractivity (Wildman–Crippen MR) is 106 cm³/mol. The van der Waals surface area contributed by atoms with E-state index in [4.69, 9.17) is 9.47 Å². The molecule has 2 aromatic carbocycles. The van der Waals surface area contributed by atoms with E-state index in [-0.39, 0.29) is 11.4 Å². The van der Waals surface area contributed by atoms with Crippen LogP contribution in [0.1, 0.15) is 12.5 Å². The number of carbonyl (C=O) groups is 2. The molecule has 1 amide bonds. The van der Waals surface area contributed by atoms with Crippen LogP contribution < -0.4 is 10.1 Å². The molecular formula is C19H20N2O6S. The Morgan fingerprint density at radius 1 is 1.25 bits per heavy atom. The van der Waals surface area contributed by atoms with Crippen molar-refractivity contribution >= 4 is 35.0 Å². The zero-order chi connectivity index (χ0) is 20.7. The Bertz CT molecular complexity index is 886. The van der Waals surface area contributed by atoms with Crippen LogP contribution in [0.2, 0.25) is 0 Å². The van der Waals surface area contributed by atoms with E-state index in [1.54, 1.807) is 30.3 Å². The first-order valence-corrected chi connectivity index (χ1v) is 9.31. The highest BCUT2D eigenvalue weighted by Gasteiger charge is 2.21. The van der Waals surface area contributed by atoms with E-state index in [0.717, 1.165) is 17.3 Å². The first-order chi connectivity index (χ1) is 13.3. The van der Waals surface area contributed by atoms with Crippen LogP contribution in [-0.2, 0) is 14.3 Å². The first-order valence-electron chi connectivity index (χ1n) is 8.33. The van der Waals surface area contributed by atoms with E-state index in [1.165, 1.54) is 20.1 Å².